The Morgan fingerprint density at radius 1 is 1.40 bits per heavy atom. The Bertz CT molecular complexity index is 603. The van der Waals surface area contributed by atoms with Crippen molar-refractivity contribution in [2.45, 2.75) is 6.54 Å². The second kappa shape index (κ2) is 5.96. The van der Waals surface area contributed by atoms with E-state index in [2.05, 4.69) is 15.3 Å². The van der Waals surface area contributed by atoms with Crippen molar-refractivity contribution in [1.29, 1.82) is 0 Å². The average molecular weight is 273 g/mol. The summed E-state index contributed by atoms with van der Waals surface area (Å²) in [5.41, 5.74) is 0.876. The van der Waals surface area contributed by atoms with Crippen LogP contribution in [0.4, 0.5) is 17.3 Å². The van der Waals surface area contributed by atoms with Crippen LogP contribution in [0.25, 0.3) is 0 Å². The topological polar surface area (TPSA) is 84.2 Å². The lowest BCUT2D eigenvalue weighted by atomic mass is 10.3. The second-order valence-corrected chi connectivity index (χ2v) is 4.25. The zero-order valence-electron chi connectivity index (χ0n) is 11.3. The summed E-state index contributed by atoms with van der Waals surface area (Å²) < 4.78 is 0. The molecule has 7 heteroatoms. The fourth-order valence-corrected chi connectivity index (χ4v) is 1.75. The van der Waals surface area contributed by atoms with E-state index in [1.165, 1.54) is 12.1 Å². The molecule has 0 amide bonds. The van der Waals surface area contributed by atoms with Crippen molar-refractivity contribution in [2.24, 2.45) is 0 Å². The summed E-state index contributed by atoms with van der Waals surface area (Å²) in [4.78, 5) is 20.8. The first-order valence-electron chi connectivity index (χ1n) is 6.05. The summed E-state index contributed by atoms with van der Waals surface area (Å²) in [6.07, 6.45) is 1.71. The van der Waals surface area contributed by atoms with Crippen LogP contribution in [0.3, 0.4) is 0 Å². The van der Waals surface area contributed by atoms with E-state index < -0.39 is 4.92 Å². The van der Waals surface area contributed by atoms with Crippen LogP contribution in [-0.2, 0) is 6.54 Å². The number of hydrogen-bond acceptors (Lipinski definition) is 6. The van der Waals surface area contributed by atoms with E-state index in [4.69, 9.17) is 0 Å². The summed E-state index contributed by atoms with van der Waals surface area (Å²) in [7, 11) is 3.49. The maximum absolute atomic E-state index is 10.9. The van der Waals surface area contributed by atoms with Crippen LogP contribution < -0.4 is 10.2 Å². The number of nitrogens with zero attached hydrogens (tertiary/aromatic N) is 4. The van der Waals surface area contributed by atoms with E-state index in [0.717, 1.165) is 5.69 Å². The van der Waals surface area contributed by atoms with Crippen molar-refractivity contribution in [3.63, 3.8) is 0 Å². The van der Waals surface area contributed by atoms with Crippen LogP contribution in [0.1, 0.15) is 5.69 Å². The molecule has 104 valence electrons. The average Bonchev–Trinajstić information content (AvgIpc) is 2.47. The molecule has 0 saturated carbocycles. The first-order chi connectivity index (χ1) is 9.60. The molecule has 0 aliphatic heterocycles. The Morgan fingerprint density at radius 2 is 2.20 bits per heavy atom. The first-order valence-corrected chi connectivity index (χ1v) is 6.05. The van der Waals surface area contributed by atoms with E-state index >= 15 is 0 Å². The number of nitro groups is 1. The van der Waals surface area contributed by atoms with Gasteiger partial charge in [0.2, 0.25) is 0 Å². The van der Waals surface area contributed by atoms with E-state index in [1.54, 1.807) is 13.2 Å². The predicted octanol–water partition coefficient (Wildman–Crippen LogP) is 2.06. The molecule has 0 fully saturated rings. The maximum atomic E-state index is 10.9. The summed E-state index contributed by atoms with van der Waals surface area (Å²) in [6, 6.07) is 8.49. The Kier molecular flexibility index (Phi) is 4.09. The molecule has 2 heterocycles. The van der Waals surface area contributed by atoms with Gasteiger partial charge in [0, 0.05) is 20.3 Å². The highest BCUT2D eigenvalue weighted by atomic mass is 16.6. The zero-order valence-corrected chi connectivity index (χ0v) is 11.3. The zero-order chi connectivity index (χ0) is 14.5. The molecule has 2 aromatic rings. The third-order valence-corrected chi connectivity index (χ3v) is 2.78. The monoisotopic (exact) mass is 273 g/mol. The molecule has 20 heavy (non-hydrogen) atoms. The Labute approximate surface area is 116 Å². The first kappa shape index (κ1) is 13.7. The van der Waals surface area contributed by atoms with E-state index in [0.29, 0.717) is 18.2 Å². The minimum absolute atomic E-state index is 0.00669. The third kappa shape index (κ3) is 3.19. The van der Waals surface area contributed by atoms with E-state index in [1.807, 2.05) is 30.1 Å². The van der Waals surface area contributed by atoms with Gasteiger partial charge in [-0.05, 0) is 12.1 Å². The van der Waals surface area contributed by atoms with Crippen molar-refractivity contribution in [3.8, 4) is 0 Å². The largest absolute Gasteiger partial charge is 0.373 e. The van der Waals surface area contributed by atoms with Gasteiger partial charge in [0.25, 0.3) is 5.69 Å². The van der Waals surface area contributed by atoms with Crippen molar-refractivity contribution >= 4 is 17.3 Å². The predicted molar refractivity (Wildman–Crippen MR) is 76.8 cm³/mol. The number of anilines is 2. The molecular formula is C13H15N5O2. The summed E-state index contributed by atoms with van der Waals surface area (Å²) in [5.74, 6) is 0.983. The van der Waals surface area contributed by atoms with Crippen LogP contribution in [-0.4, -0.2) is 29.0 Å². The molecule has 2 rings (SSSR count). The molecule has 0 saturated heterocycles. The van der Waals surface area contributed by atoms with Gasteiger partial charge < -0.3 is 10.2 Å². The smallest absolute Gasteiger partial charge is 0.276 e. The van der Waals surface area contributed by atoms with Gasteiger partial charge in [-0.15, -0.1) is 0 Å². The molecular weight excluding hydrogens is 258 g/mol. The summed E-state index contributed by atoms with van der Waals surface area (Å²) in [6.45, 7) is 0.526. The molecule has 0 spiro atoms. The van der Waals surface area contributed by atoms with Gasteiger partial charge in [-0.1, -0.05) is 6.07 Å². The Hall–Kier alpha value is -2.70. The lowest BCUT2D eigenvalue weighted by molar-refractivity contribution is -0.384. The summed E-state index contributed by atoms with van der Waals surface area (Å²) >= 11 is 0. The number of rotatable bonds is 5. The van der Waals surface area contributed by atoms with Gasteiger partial charge in [0.05, 0.1) is 29.3 Å². The highest BCUT2D eigenvalue weighted by Crippen LogP contribution is 2.23. The lowest BCUT2D eigenvalue weighted by Crippen LogP contribution is -2.19. The van der Waals surface area contributed by atoms with Gasteiger partial charge in [-0.25, -0.2) is 4.98 Å². The van der Waals surface area contributed by atoms with Gasteiger partial charge in [-0.2, -0.15) is 0 Å². The van der Waals surface area contributed by atoms with Gasteiger partial charge in [0.15, 0.2) is 0 Å². The maximum Gasteiger partial charge on any atom is 0.276 e. The Morgan fingerprint density at radius 3 is 2.80 bits per heavy atom. The van der Waals surface area contributed by atoms with Crippen molar-refractivity contribution < 1.29 is 4.92 Å². The molecule has 0 radical (unpaired) electrons. The van der Waals surface area contributed by atoms with Crippen LogP contribution in [0.5, 0.6) is 0 Å². The highest BCUT2D eigenvalue weighted by molar-refractivity contribution is 5.55. The SMILES string of the molecule is CNc1cc([N+](=O)[O-])cc(N(C)Cc2ccccn2)n1. The van der Waals surface area contributed by atoms with Crippen molar-refractivity contribution in [3.05, 3.63) is 52.3 Å². The van der Waals surface area contributed by atoms with Crippen molar-refractivity contribution in [2.75, 3.05) is 24.3 Å². The molecule has 1 N–H and O–H groups in total. The molecule has 0 aliphatic rings. The van der Waals surface area contributed by atoms with E-state index in [-0.39, 0.29) is 5.69 Å². The molecule has 0 aliphatic carbocycles. The molecule has 0 bridgehead atoms. The molecule has 0 unspecified atom stereocenters. The minimum atomic E-state index is -0.430. The lowest BCUT2D eigenvalue weighted by Gasteiger charge is -2.18. The van der Waals surface area contributed by atoms with Crippen molar-refractivity contribution in [1.82, 2.24) is 9.97 Å². The van der Waals surface area contributed by atoms with Crippen LogP contribution in [0, 0.1) is 10.1 Å². The van der Waals surface area contributed by atoms with Gasteiger partial charge in [-0.3, -0.25) is 15.1 Å². The number of nitrogens with one attached hydrogen (secondary N) is 1. The Balaban J connectivity index is 2.27. The fraction of sp³-hybridized carbons (Fsp3) is 0.231. The molecule has 7 nitrogen and oxygen atoms in total. The molecule has 2 aromatic heterocycles. The number of pyridine rings is 2. The quantitative estimate of drug-likeness (QED) is 0.663. The fourth-order valence-electron chi connectivity index (χ4n) is 1.75. The summed E-state index contributed by atoms with van der Waals surface area (Å²) in [5, 5.41) is 13.7. The third-order valence-electron chi connectivity index (χ3n) is 2.78. The molecule has 0 aromatic carbocycles. The van der Waals surface area contributed by atoms with Crippen LogP contribution in [0.15, 0.2) is 36.5 Å². The van der Waals surface area contributed by atoms with E-state index in [9.17, 15) is 10.1 Å². The van der Waals surface area contributed by atoms with Crippen LogP contribution in [0.2, 0.25) is 0 Å². The number of hydrogen-bond donors (Lipinski definition) is 1. The second-order valence-electron chi connectivity index (χ2n) is 4.25. The minimum Gasteiger partial charge on any atom is -0.373 e. The van der Waals surface area contributed by atoms with Gasteiger partial charge in [0.1, 0.15) is 11.6 Å². The number of aromatic nitrogens is 2. The standard InChI is InChI=1S/C13H15N5O2/c1-14-12-7-11(18(19)20)8-13(16-12)17(2)9-10-5-3-4-6-15-10/h3-8H,9H2,1-2H3,(H,14,16). The van der Waals surface area contributed by atoms with Crippen LogP contribution >= 0.6 is 0 Å². The highest BCUT2D eigenvalue weighted by Gasteiger charge is 2.13. The van der Waals surface area contributed by atoms with Gasteiger partial charge >= 0.3 is 0 Å². The normalized spacial score (nSPS) is 10.1. The molecule has 0 atom stereocenters.